The minimum absolute atomic E-state index is 0.316. The molecule has 0 amide bonds. The molecule has 0 saturated carbocycles. The van der Waals surface area contributed by atoms with Crippen molar-refractivity contribution in [2.45, 2.75) is 58.5 Å². The predicted octanol–water partition coefficient (Wildman–Crippen LogP) is 3.03. The van der Waals surface area contributed by atoms with Crippen LogP contribution in [0.2, 0.25) is 0 Å². The fourth-order valence-corrected chi connectivity index (χ4v) is 1.80. The van der Waals surface area contributed by atoms with Crippen LogP contribution in [0.25, 0.3) is 0 Å². The van der Waals surface area contributed by atoms with Gasteiger partial charge in [0, 0.05) is 18.4 Å². The maximum atomic E-state index is 4.25. The SMILES string of the molecule is CCCCCC(C)NC(C)c1ncc[nH]1. The van der Waals surface area contributed by atoms with E-state index < -0.39 is 0 Å². The summed E-state index contributed by atoms with van der Waals surface area (Å²) in [7, 11) is 0. The van der Waals surface area contributed by atoms with Gasteiger partial charge in [-0.25, -0.2) is 4.98 Å². The Balaban J connectivity index is 2.22. The normalized spacial score (nSPS) is 15.1. The zero-order chi connectivity index (χ0) is 11.1. The van der Waals surface area contributed by atoms with E-state index in [0.29, 0.717) is 12.1 Å². The van der Waals surface area contributed by atoms with Crippen molar-refractivity contribution in [1.29, 1.82) is 0 Å². The van der Waals surface area contributed by atoms with Gasteiger partial charge in [0.25, 0.3) is 0 Å². The van der Waals surface area contributed by atoms with Crippen molar-refractivity contribution in [2.24, 2.45) is 0 Å². The van der Waals surface area contributed by atoms with Gasteiger partial charge in [0.15, 0.2) is 0 Å². The number of hydrogen-bond donors (Lipinski definition) is 2. The van der Waals surface area contributed by atoms with E-state index in [4.69, 9.17) is 0 Å². The third-order valence-electron chi connectivity index (χ3n) is 2.70. The molecule has 0 spiro atoms. The van der Waals surface area contributed by atoms with Crippen molar-refractivity contribution in [3.05, 3.63) is 18.2 Å². The van der Waals surface area contributed by atoms with Gasteiger partial charge in [0.05, 0.1) is 6.04 Å². The van der Waals surface area contributed by atoms with Gasteiger partial charge >= 0.3 is 0 Å². The van der Waals surface area contributed by atoms with Crippen molar-refractivity contribution >= 4 is 0 Å². The van der Waals surface area contributed by atoms with Crippen LogP contribution in [0.3, 0.4) is 0 Å². The van der Waals surface area contributed by atoms with Gasteiger partial charge in [-0.15, -0.1) is 0 Å². The van der Waals surface area contributed by atoms with Crippen LogP contribution in [-0.2, 0) is 0 Å². The molecule has 2 N–H and O–H groups in total. The molecule has 0 aromatic carbocycles. The second-order valence-corrected chi connectivity index (χ2v) is 4.26. The Morgan fingerprint density at radius 2 is 2.20 bits per heavy atom. The summed E-state index contributed by atoms with van der Waals surface area (Å²) in [4.78, 5) is 7.38. The molecule has 1 aromatic rings. The van der Waals surface area contributed by atoms with Gasteiger partial charge in [-0.05, 0) is 20.3 Å². The molecule has 0 radical (unpaired) electrons. The van der Waals surface area contributed by atoms with Gasteiger partial charge in [-0.1, -0.05) is 26.2 Å². The van der Waals surface area contributed by atoms with Crippen LogP contribution in [0.5, 0.6) is 0 Å². The molecular formula is C12H23N3. The molecule has 2 unspecified atom stereocenters. The van der Waals surface area contributed by atoms with Gasteiger partial charge in [0.2, 0.25) is 0 Å². The molecule has 0 aliphatic carbocycles. The molecule has 0 aliphatic heterocycles. The fraction of sp³-hybridized carbons (Fsp3) is 0.750. The van der Waals surface area contributed by atoms with E-state index in [2.05, 4.69) is 36.1 Å². The Kier molecular flexibility index (Phi) is 5.40. The molecule has 0 bridgehead atoms. The van der Waals surface area contributed by atoms with E-state index in [9.17, 15) is 0 Å². The lowest BCUT2D eigenvalue weighted by Crippen LogP contribution is -2.29. The Morgan fingerprint density at radius 1 is 1.40 bits per heavy atom. The first-order valence-electron chi connectivity index (χ1n) is 5.99. The smallest absolute Gasteiger partial charge is 0.122 e. The minimum atomic E-state index is 0.316. The average molecular weight is 209 g/mol. The average Bonchev–Trinajstić information content (AvgIpc) is 2.70. The highest BCUT2D eigenvalue weighted by Crippen LogP contribution is 2.10. The summed E-state index contributed by atoms with van der Waals surface area (Å²) in [6, 6.07) is 0.883. The predicted molar refractivity (Wildman–Crippen MR) is 63.7 cm³/mol. The summed E-state index contributed by atoms with van der Waals surface area (Å²) in [6.45, 7) is 6.63. The summed E-state index contributed by atoms with van der Waals surface area (Å²) in [5, 5.41) is 3.55. The maximum absolute atomic E-state index is 4.25. The zero-order valence-electron chi connectivity index (χ0n) is 10.1. The van der Waals surface area contributed by atoms with Crippen LogP contribution in [0.1, 0.15) is 58.3 Å². The van der Waals surface area contributed by atoms with Crippen molar-refractivity contribution < 1.29 is 0 Å². The number of nitrogens with one attached hydrogen (secondary N) is 2. The topological polar surface area (TPSA) is 40.7 Å². The zero-order valence-corrected chi connectivity index (χ0v) is 10.1. The van der Waals surface area contributed by atoms with E-state index in [-0.39, 0.29) is 0 Å². The summed E-state index contributed by atoms with van der Waals surface area (Å²) in [5.74, 6) is 1.03. The number of imidazole rings is 1. The van der Waals surface area contributed by atoms with Gasteiger partial charge in [-0.2, -0.15) is 0 Å². The van der Waals surface area contributed by atoms with Crippen LogP contribution in [0, 0.1) is 0 Å². The number of aromatic amines is 1. The van der Waals surface area contributed by atoms with Crippen molar-refractivity contribution in [3.63, 3.8) is 0 Å². The highest BCUT2D eigenvalue weighted by Gasteiger charge is 2.10. The quantitative estimate of drug-likeness (QED) is 0.678. The van der Waals surface area contributed by atoms with Gasteiger partial charge in [0.1, 0.15) is 5.82 Å². The number of rotatable bonds is 7. The number of H-pyrrole nitrogens is 1. The summed E-state index contributed by atoms with van der Waals surface area (Å²) >= 11 is 0. The molecule has 2 atom stereocenters. The molecular weight excluding hydrogens is 186 g/mol. The highest BCUT2D eigenvalue weighted by molar-refractivity contribution is 4.94. The first-order valence-corrected chi connectivity index (χ1v) is 5.99. The number of hydrogen-bond acceptors (Lipinski definition) is 2. The Labute approximate surface area is 92.7 Å². The molecule has 0 saturated heterocycles. The molecule has 3 heteroatoms. The summed E-state index contributed by atoms with van der Waals surface area (Å²) in [6.07, 6.45) is 8.86. The summed E-state index contributed by atoms with van der Waals surface area (Å²) < 4.78 is 0. The second-order valence-electron chi connectivity index (χ2n) is 4.26. The molecule has 1 aromatic heterocycles. The molecule has 86 valence electrons. The standard InChI is InChI=1S/C12H23N3/c1-4-5-6-7-10(2)15-11(3)12-13-8-9-14-12/h8-11,15H,4-7H2,1-3H3,(H,13,14). The Morgan fingerprint density at radius 3 is 2.80 bits per heavy atom. The molecule has 1 rings (SSSR count). The molecule has 15 heavy (non-hydrogen) atoms. The molecule has 1 heterocycles. The van der Waals surface area contributed by atoms with Gasteiger partial charge < -0.3 is 10.3 Å². The monoisotopic (exact) mass is 209 g/mol. The third-order valence-corrected chi connectivity index (χ3v) is 2.70. The molecule has 0 fully saturated rings. The van der Waals surface area contributed by atoms with Crippen LogP contribution in [0.15, 0.2) is 12.4 Å². The van der Waals surface area contributed by atoms with Crippen molar-refractivity contribution in [3.8, 4) is 0 Å². The Hall–Kier alpha value is -0.830. The van der Waals surface area contributed by atoms with Crippen LogP contribution in [-0.4, -0.2) is 16.0 Å². The van der Waals surface area contributed by atoms with E-state index in [1.807, 2.05) is 6.20 Å². The van der Waals surface area contributed by atoms with Crippen LogP contribution < -0.4 is 5.32 Å². The molecule has 0 aliphatic rings. The van der Waals surface area contributed by atoms with E-state index >= 15 is 0 Å². The first kappa shape index (κ1) is 12.2. The first-order chi connectivity index (χ1) is 7.24. The van der Waals surface area contributed by atoms with Crippen LogP contribution >= 0.6 is 0 Å². The lowest BCUT2D eigenvalue weighted by molar-refractivity contribution is 0.431. The number of nitrogens with zero attached hydrogens (tertiary/aromatic N) is 1. The lowest BCUT2D eigenvalue weighted by atomic mass is 10.1. The molecule has 3 nitrogen and oxygen atoms in total. The van der Waals surface area contributed by atoms with Gasteiger partial charge in [-0.3, -0.25) is 0 Å². The Bertz CT molecular complexity index is 243. The van der Waals surface area contributed by atoms with Crippen LogP contribution in [0.4, 0.5) is 0 Å². The maximum Gasteiger partial charge on any atom is 0.122 e. The van der Waals surface area contributed by atoms with E-state index in [1.165, 1.54) is 25.7 Å². The van der Waals surface area contributed by atoms with E-state index in [1.54, 1.807) is 6.20 Å². The second kappa shape index (κ2) is 6.62. The van der Waals surface area contributed by atoms with E-state index in [0.717, 1.165) is 5.82 Å². The number of aromatic nitrogens is 2. The largest absolute Gasteiger partial charge is 0.347 e. The number of unbranched alkanes of at least 4 members (excludes halogenated alkanes) is 2. The third kappa shape index (κ3) is 4.47. The summed E-state index contributed by atoms with van der Waals surface area (Å²) in [5.41, 5.74) is 0. The van der Waals surface area contributed by atoms with Crippen molar-refractivity contribution in [1.82, 2.24) is 15.3 Å². The highest BCUT2D eigenvalue weighted by atomic mass is 15.0. The lowest BCUT2D eigenvalue weighted by Gasteiger charge is -2.18. The minimum Gasteiger partial charge on any atom is -0.347 e. The fourth-order valence-electron chi connectivity index (χ4n) is 1.80. The van der Waals surface area contributed by atoms with Crippen molar-refractivity contribution in [2.75, 3.05) is 0 Å².